The molecule has 2 aromatic rings. The quantitative estimate of drug-likeness (QED) is 0.795. The van der Waals surface area contributed by atoms with Gasteiger partial charge in [0.2, 0.25) is 0 Å². The van der Waals surface area contributed by atoms with Crippen LogP contribution in [0, 0.1) is 6.92 Å². The molecule has 3 nitrogen and oxygen atoms in total. The van der Waals surface area contributed by atoms with Crippen molar-refractivity contribution in [2.75, 3.05) is 12.5 Å². The third-order valence-electron chi connectivity index (χ3n) is 2.52. The molecule has 94 valence electrons. The highest BCUT2D eigenvalue weighted by atomic mass is 35.5. The normalized spacial score (nSPS) is 10.3. The van der Waals surface area contributed by atoms with Crippen LogP contribution in [0.15, 0.2) is 47.4 Å². The van der Waals surface area contributed by atoms with Crippen molar-refractivity contribution in [2.45, 2.75) is 6.92 Å². The Balaban J connectivity index is 2.28. The first-order valence-corrected chi connectivity index (χ1v) is 6.22. The Morgan fingerprint density at radius 2 is 1.89 bits per heavy atom. The molecule has 0 radical (unpaired) electrons. The van der Waals surface area contributed by atoms with E-state index >= 15 is 0 Å². The van der Waals surface area contributed by atoms with Crippen LogP contribution in [0.3, 0.4) is 0 Å². The molecule has 0 atom stereocenters. The molecule has 0 aliphatic carbocycles. The van der Waals surface area contributed by atoms with Crippen LogP contribution in [0.25, 0.3) is 5.69 Å². The molecule has 0 saturated carbocycles. The Kier molecular flexibility index (Phi) is 4.05. The molecule has 1 aromatic heterocycles. The summed E-state index contributed by atoms with van der Waals surface area (Å²) in [4.78, 5) is 11.7. The number of nitrogens with zero attached hydrogens (tertiary/aromatic N) is 1. The molecule has 0 N–H and O–H groups in total. The van der Waals surface area contributed by atoms with Gasteiger partial charge in [-0.25, -0.2) is 0 Å². The number of hydrogen-bond acceptors (Lipinski definition) is 2. The number of hydrogen-bond donors (Lipinski definition) is 0. The molecule has 0 unspecified atom stereocenters. The second-order valence-electron chi connectivity index (χ2n) is 3.95. The van der Waals surface area contributed by atoms with Crippen LogP contribution in [0.5, 0.6) is 5.75 Å². The van der Waals surface area contributed by atoms with E-state index in [1.165, 1.54) is 0 Å². The van der Waals surface area contributed by atoms with E-state index in [1.54, 1.807) is 16.7 Å². The molecule has 4 heteroatoms. The van der Waals surface area contributed by atoms with Crippen molar-refractivity contribution in [2.24, 2.45) is 0 Å². The van der Waals surface area contributed by atoms with E-state index in [0.29, 0.717) is 12.5 Å². The van der Waals surface area contributed by atoms with Crippen LogP contribution >= 0.6 is 11.6 Å². The monoisotopic (exact) mass is 263 g/mol. The fraction of sp³-hybridized carbons (Fsp3) is 0.214. The van der Waals surface area contributed by atoms with Gasteiger partial charge in [0, 0.05) is 18.0 Å². The van der Waals surface area contributed by atoms with Crippen molar-refractivity contribution >= 4 is 11.6 Å². The average molecular weight is 264 g/mol. The van der Waals surface area contributed by atoms with Gasteiger partial charge in [0.25, 0.3) is 5.56 Å². The van der Waals surface area contributed by atoms with E-state index in [1.807, 2.05) is 37.4 Å². The number of alkyl halides is 1. The summed E-state index contributed by atoms with van der Waals surface area (Å²) in [5.41, 5.74) is 1.81. The Bertz CT molecular complexity index is 575. The van der Waals surface area contributed by atoms with E-state index < -0.39 is 0 Å². The minimum absolute atomic E-state index is 0.0463. The highest BCUT2D eigenvalue weighted by Crippen LogP contribution is 2.14. The Labute approximate surface area is 111 Å². The highest BCUT2D eigenvalue weighted by molar-refractivity contribution is 6.18. The van der Waals surface area contributed by atoms with Crippen molar-refractivity contribution in [3.8, 4) is 11.4 Å². The van der Waals surface area contributed by atoms with Gasteiger partial charge in [-0.2, -0.15) is 0 Å². The molecule has 0 fully saturated rings. The van der Waals surface area contributed by atoms with Gasteiger partial charge in [-0.15, -0.1) is 11.6 Å². The van der Waals surface area contributed by atoms with Crippen molar-refractivity contribution in [3.63, 3.8) is 0 Å². The molecular weight excluding hydrogens is 250 g/mol. The number of benzene rings is 1. The highest BCUT2D eigenvalue weighted by Gasteiger charge is 2.00. The van der Waals surface area contributed by atoms with Gasteiger partial charge in [-0.1, -0.05) is 6.07 Å². The summed E-state index contributed by atoms with van der Waals surface area (Å²) in [5.74, 6) is 1.21. The summed E-state index contributed by atoms with van der Waals surface area (Å²) in [7, 11) is 0. The molecule has 0 aliphatic heterocycles. The summed E-state index contributed by atoms with van der Waals surface area (Å²) in [6.45, 7) is 2.43. The summed E-state index contributed by atoms with van der Waals surface area (Å²) in [6, 6.07) is 10.7. The van der Waals surface area contributed by atoms with E-state index in [9.17, 15) is 4.79 Å². The lowest BCUT2D eigenvalue weighted by molar-refractivity contribution is 0.343. The number of halogens is 1. The van der Waals surface area contributed by atoms with Crippen LogP contribution in [0.2, 0.25) is 0 Å². The largest absolute Gasteiger partial charge is 0.492 e. The number of aromatic nitrogens is 1. The fourth-order valence-corrected chi connectivity index (χ4v) is 1.73. The predicted octanol–water partition coefficient (Wildman–Crippen LogP) is 2.76. The van der Waals surface area contributed by atoms with Crippen molar-refractivity contribution in [3.05, 3.63) is 58.5 Å². The molecule has 0 bridgehead atoms. The first kappa shape index (κ1) is 12.7. The second kappa shape index (κ2) is 5.74. The van der Waals surface area contributed by atoms with Gasteiger partial charge in [0.1, 0.15) is 12.4 Å². The van der Waals surface area contributed by atoms with Crippen molar-refractivity contribution < 1.29 is 4.74 Å². The molecule has 0 amide bonds. The summed E-state index contributed by atoms with van der Waals surface area (Å²) < 4.78 is 6.99. The zero-order chi connectivity index (χ0) is 13.0. The Morgan fingerprint density at radius 1 is 1.17 bits per heavy atom. The fourth-order valence-electron chi connectivity index (χ4n) is 1.65. The molecule has 0 spiro atoms. The summed E-state index contributed by atoms with van der Waals surface area (Å²) in [6.07, 6.45) is 1.82. The lowest BCUT2D eigenvalue weighted by Crippen LogP contribution is -2.16. The van der Waals surface area contributed by atoms with Crippen LogP contribution < -0.4 is 10.3 Å². The van der Waals surface area contributed by atoms with E-state index in [-0.39, 0.29) is 5.56 Å². The van der Waals surface area contributed by atoms with Gasteiger partial charge in [-0.3, -0.25) is 9.36 Å². The van der Waals surface area contributed by atoms with Gasteiger partial charge < -0.3 is 4.74 Å². The second-order valence-corrected chi connectivity index (χ2v) is 4.32. The number of aryl methyl sites for hydroxylation is 1. The molecule has 0 saturated heterocycles. The number of rotatable bonds is 4. The van der Waals surface area contributed by atoms with Gasteiger partial charge in [-0.05, 0) is 36.8 Å². The van der Waals surface area contributed by atoms with Crippen LogP contribution in [0.1, 0.15) is 5.56 Å². The lowest BCUT2D eigenvalue weighted by atomic mass is 10.2. The number of pyridine rings is 1. The average Bonchev–Trinajstić information content (AvgIpc) is 2.40. The van der Waals surface area contributed by atoms with E-state index in [4.69, 9.17) is 16.3 Å². The molecule has 1 heterocycles. The Hall–Kier alpha value is -1.74. The maximum atomic E-state index is 11.7. The Morgan fingerprint density at radius 3 is 2.56 bits per heavy atom. The van der Waals surface area contributed by atoms with Crippen LogP contribution in [0.4, 0.5) is 0 Å². The van der Waals surface area contributed by atoms with Gasteiger partial charge in [0.05, 0.1) is 5.88 Å². The SMILES string of the molecule is Cc1ccc(=O)n(-c2ccc(OCCCl)cc2)c1. The minimum atomic E-state index is -0.0463. The number of ether oxygens (including phenoxy) is 1. The zero-order valence-corrected chi connectivity index (χ0v) is 10.9. The van der Waals surface area contributed by atoms with Crippen LogP contribution in [-0.4, -0.2) is 17.1 Å². The molecular formula is C14H14ClNO2. The maximum Gasteiger partial charge on any atom is 0.255 e. The van der Waals surface area contributed by atoms with Gasteiger partial charge in [0.15, 0.2) is 0 Å². The molecule has 18 heavy (non-hydrogen) atoms. The summed E-state index contributed by atoms with van der Waals surface area (Å²) >= 11 is 5.55. The van der Waals surface area contributed by atoms with Crippen LogP contribution in [-0.2, 0) is 0 Å². The minimum Gasteiger partial charge on any atom is -0.492 e. The van der Waals surface area contributed by atoms with Crippen molar-refractivity contribution in [1.82, 2.24) is 4.57 Å². The maximum absolute atomic E-state index is 11.7. The molecule has 2 rings (SSSR count). The summed E-state index contributed by atoms with van der Waals surface area (Å²) in [5, 5.41) is 0. The van der Waals surface area contributed by atoms with Crippen molar-refractivity contribution in [1.29, 1.82) is 0 Å². The van der Waals surface area contributed by atoms with E-state index in [2.05, 4.69) is 0 Å². The smallest absolute Gasteiger partial charge is 0.255 e. The van der Waals surface area contributed by atoms with Gasteiger partial charge >= 0.3 is 0 Å². The standard InChI is InChI=1S/C14H14ClNO2/c1-11-2-7-14(17)16(10-11)12-3-5-13(6-4-12)18-9-8-15/h2-7,10H,8-9H2,1H3. The molecule has 1 aromatic carbocycles. The third-order valence-corrected chi connectivity index (χ3v) is 2.67. The molecule has 0 aliphatic rings. The third kappa shape index (κ3) is 2.93. The zero-order valence-electron chi connectivity index (χ0n) is 10.1. The first-order valence-electron chi connectivity index (χ1n) is 5.69. The first-order chi connectivity index (χ1) is 8.70. The predicted molar refractivity (Wildman–Crippen MR) is 73.0 cm³/mol. The topological polar surface area (TPSA) is 31.2 Å². The van der Waals surface area contributed by atoms with E-state index in [0.717, 1.165) is 17.0 Å². The lowest BCUT2D eigenvalue weighted by Gasteiger charge is -2.08.